The molecule has 0 radical (unpaired) electrons. The Morgan fingerprint density at radius 1 is 1.26 bits per heavy atom. The fraction of sp³-hybridized carbons (Fsp3) is 0.571. The van der Waals surface area contributed by atoms with Gasteiger partial charge in [0.25, 0.3) is 0 Å². The molecule has 1 unspecified atom stereocenters. The first-order chi connectivity index (χ1) is 8.77. The van der Waals surface area contributed by atoms with Crippen LogP contribution >= 0.6 is 0 Å². The summed E-state index contributed by atoms with van der Waals surface area (Å²) >= 11 is 0. The fourth-order valence-corrected chi connectivity index (χ4v) is 4.30. The smallest absolute Gasteiger partial charge is 0.245 e. The molecule has 0 aliphatic rings. The van der Waals surface area contributed by atoms with Gasteiger partial charge in [-0.3, -0.25) is 0 Å². The summed E-state index contributed by atoms with van der Waals surface area (Å²) in [5, 5.41) is 0. The van der Waals surface area contributed by atoms with Crippen LogP contribution in [0.5, 0.6) is 0 Å². The number of benzene rings is 1. The Balaban J connectivity index is 3.47. The molecule has 0 saturated heterocycles. The highest BCUT2D eigenvalue weighted by Gasteiger charge is 2.30. The number of sulfonamides is 1. The molecule has 5 heteroatoms. The first-order valence-corrected chi connectivity index (χ1v) is 8.08. The predicted octanol–water partition coefficient (Wildman–Crippen LogP) is 2.69. The Morgan fingerprint density at radius 3 is 2.32 bits per heavy atom. The standard InChI is InChI=1S/C14H24N2O2S/c1-6-11(4)16(7-2)19(17,18)14-12(5)10(3)8-9-13(14)15/h8-9,11H,6-7,15H2,1-5H3. The zero-order chi connectivity index (χ0) is 14.8. The van der Waals surface area contributed by atoms with Gasteiger partial charge in [-0.15, -0.1) is 0 Å². The molecule has 0 saturated carbocycles. The summed E-state index contributed by atoms with van der Waals surface area (Å²) in [6, 6.07) is 3.48. The molecule has 0 amide bonds. The van der Waals surface area contributed by atoms with Crippen LogP contribution in [0.25, 0.3) is 0 Å². The molecule has 0 aromatic heterocycles. The summed E-state index contributed by atoms with van der Waals surface area (Å²) in [7, 11) is -3.54. The SMILES string of the molecule is CCC(C)N(CC)S(=O)(=O)c1c(N)ccc(C)c1C. The zero-order valence-corrected chi connectivity index (χ0v) is 13.2. The number of nitrogen functional groups attached to an aromatic ring is 1. The van der Waals surface area contributed by atoms with Gasteiger partial charge in [-0.25, -0.2) is 8.42 Å². The molecular weight excluding hydrogens is 260 g/mol. The summed E-state index contributed by atoms with van der Waals surface area (Å²) in [5.41, 5.74) is 7.90. The van der Waals surface area contributed by atoms with Gasteiger partial charge in [0.2, 0.25) is 10.0 Å². The van der Waals surface area contributed by atoms with Crippen molar-refractivity contribution < 1.29 is 8.42 Å². The lowest BCUT2D eigenvalue weighted by Crippen LogP contribution is -2.38. The number of nitrogens with zero attached hydrogens (tertiary/aromatic N) is 1. The number of hydrogen-bond donors (Lipinski definition) is 1. The predicted molar refractivity (Wildman–Crippen MR) is 79.6 cm³/mol. The average Bonchev–Trinajstić information content (AvgIpc) is 2.34. The summed E-state index contributed by atoms with van der Waals surface area (Å²) < 4.78 is 27.1. The van der Waals surface area contributed by atoms with Crippen molar-refractivity contribution in [3.8, 4) is 0 Å². The second kappa shape index (κ2) is 5.92. The third-order valence-electron chi connectivity index (χ3n) is 3.67. The maximum atomic E-state index is 12.8. The minimum Gasteiger partial charge on any atom is -0.398 e. The summed E-state index contributed by atoms with van der Waals surface area (Å²) in [6.07, 6.45) is 0.776. The van der Waals surface area contributed by atoms with Gasteiger partial charge in [0.15, 0.2) is 0 Å². The monoisotopic (exact) mass is 284 g/mol. The molecule has 19 heavy (non-hydrogen) atoms. The van der Waals surface area contributed by atoms with E-state index in [1.807, 2.05) is 40.7 Å². The van der Waals surface area contributed by atoms with Gasteiger partial charge in [-0.05, 0) is 44.4 Å². The number of aryl methyl sites for hydroxylation is 1. The van der Waals surface area contributed by atoms with Gasteiger partial charge in [-0.1, -0.05) is 19.9 Å². The molecule has 2 N–H and O–H groups in total. The van der Waals surface area contributed by atoms with Crippen LogP contribution in [-0.4, -0.2) is 25.3 Å². The van der Waals surface area contributed by atoms with E-state index >= 15 is 0 Å². The molecule has 4 nitrogen and oxygen atoms in total. The van der Waals surface area contributed by atoms with E-state index < -0.39 is 10.0 Å². The molecule has 0 fully saturated rings. The number of nitrogens with two attached hydrogens (primary N) is 1. The minimum atomic E-state index is -3.54. The lowest BCUT2D eigenvalue weighted by Gasteiger charge is -2.28. The summed E-state index contributed by atoms with van der Waals surface area (Å²) in [4.78, 5) is 0.259. The molecule has 0 aliphatic heterocycles. The van der Waals surface area contributed by atoms with Crippen molar-refractivity contribution in [2.75, 3.05) is 12.3 Å². The highest BCUT2D eigenvalue weighted by atomic mass is 32.2. The van der Waals surface area contributed by atoms with Crippen LogP contribution in [0.2, 0.25) is 0 Å². The highest BCUT2D eigenvalue weighted by Crippen LogP contribution is 2.29. The molecule has 0 bridgehead atoms. The molecular formula is C14H24N2O2S. The van der Waals surface area contributed by atoms with Crippen LogP contribution in [0.3, 0.4) is 0 Å². The van der Waals surface area contributed by atoms with E-state index in [2.05, 4.69) is 0 Å². The van der Waals surface area contributed by atoms with Crippen LogP contribution in [-0.2, 0) is 10.0 Å². The van der Waals surface area contributed by atoms with E-state index in [9.17, 15) is 8.42 Å². The molecule has 0 heterocycles. The van der Waals surface area contributed by atoms with Gasteiger partial charge in [0.1, 0.15) is 4.90 Å². The van der Waals surface area contributed by atoms with Crippen LogP contribution in [0, 0.1) is 13.8 Å². The van der Waals surface area contributed by atoms with Crippen molar-refractivity contribution in [2.24, 2.45) is 0 Å². The van der Waals surface area contributed by atoms with Crippen molar-refractivity contribution in [1.82, 2.24) is 4.31 Å². The van der Waals surface area contributed by atoms with Crippen molar-refractivity contribution in [3.05, 3.63) is 23.3 Å². The van der Waals surface area contributed by atoms with Gasteiger partial charge in [0.05, 0.1) is 5.69 Å². The summed E-state index contributed by atoms with van der Waals surface area (Å²) in [5.74, 6) is 0. The van der Waals surface area contributed by atoms with Gasteiger partial charge < -0.3 is 5.73 Å². The van der Waals surface area contributed by atoms with Crippen molar-refractivity contribution >= 4 is 15.7 Å². The highest BCUT2D eigenvalue weighted by molar-refractivity contribution is 7.89. The van der Waals surface area contributed by atoms with Crippen molar-refractivity contribution in [1.29, 1.82) is 0 Å². The Morgan fingerprint density at radius 2 is 1.84 bits per heavy atom. The van der Waals surface area contributed by atoms with E-state index in [0.717, 1.165) is 17.5 Å². The van der Waals surface area contributed by atoms with Gasteiger partial charge >= 0.3 is 0 Å². The van der Waals surface area contributed by atoms with Crippen LogP contribution in [0.4, 0.5) is 5.69 Å². The second-order valence-corrected chi connectivity index (χ2v) is 6.72. The fourth-order valence-electron chi connectivity index (χ4n) is 2.19. The molecule has 1 atom stereocenters. The number of rotatable bonds is 5. The normalized spacial score (nSPS) is 13.8. The maximum Gasteiger partial charge on any atom is 0.245 e. The molecule has 1 aromatic carbocycles. The molecule has 108 valence electrons. The lowest BCUT2D eigenvalue weighted by atomic mass is 10.1. The average molecular weight is 284 g/mol. The van der Waals surface area contributed by atoms with E-state index in [0.29, 0.717) is 12.2 Å². The Labute approximate surface area is 116 Å². The number of hydrogen-bond acceptors (Lipinski definition) is 3. The van der Waals surface area contributed by atoms with E-state index in [-0.39, 0.29) is 10.9 Å². The van der Waals surface area contributed by atoms with Gasteiger partial charge in [-0.2, -0.15) is 4.31 Å². The molecule has 1 aromatic rings. The third kappa shape index (κ3) is 2.92. The largest absolute Gasteiger partial charge is 0.398 e. The minimum absolute atomic E-state index is 0.0330. The van der Waals surface area contributed by atoms with Crippen LogP contribution in [0.15, 0.2) is 17.0 Å². The maximum absolute atomic E-state index is 12.8. The van der Waals surface area contributed by atoms with Crippen LogP contribution < -0.4 is 5.73 Å². The Kier molecular flexibility index (Phi) is 4.98. The Bertz CT molecular complexity index is 553. The summed E-state index contributed by atoms with van der Waals surface area (Å²) in [6.45, 7) is 9.91. The van der Waals surface area contributed by atoms with E-state index in [1.54, 1.807) is 6.07 Å². The quantitative estimate of drug-likeness (QED) is 0.846. The van der Waals surface area contributed by atoms with E-state index in [4.69, 9.17) is 5.73 Å². The third-order valence-corrected chi connectivity index (χ3v) is 5.96. The molecule has 0 aliphatic carbocycles. The van der Waals surface area contributed by atoms with Gasteiger partial charge in [0, 0.05) is 12.6 Å². The number of anilines is 1. The van der Waals surface area contributed by atoms with Crippen LogP contribution in [0.1, 0.15) is 38.3 Å². The lowest BCUT2D eigenvalue weighted by molar-refractivity contribution is 0.342. The molecule has 0 spiro atoms. The van der Waals surface area contributed by atoms with E-state index in [1.165, 1.54) is 4.31 Å². The zero-order valence-electron chi connectivity index (χ0n) is 12.4. The molecule has 1 rings (SSSR count). The topological polar surface area (TPSA) is 63.4 Å². The first kappa shape index (κ1) is 16.0. The Hall–Kier alpha value is -1.07. The van der Waals surface area contributed by atoms with Crippen molar-refractivity contribution in [2.45, 2.75) is 52.0 Å². The van der Waals surface area contributed by atoms with Crippen molar-refractivity contribution in [3.63, 3.8) is 0 Å². The second-order valence-electron chi connectivity index (χ2n) is 4.89. The first-order valence-electron chi connectivity index (χ1n) is 6.64.